The smallest absolute Gasteiger partial charge is 0.271 e. The van der Waals surface area contributed by atoms with Crippen LogP contribution < -0.4 is 5.43 Å². The normalized spacial score (nSPS) is 11.3. The lowest BCUT2D eigenvalue weighted by Gasteiger charge is -1.99. The Kier molecular flexibility index (Phi) is 4.07. The number of aromatic nitrogens is 2. The lowest BCUT2D eigenvalue weighted by atomic mass is 10.2. The maximum atomic E-state index is 12.3. The lowest BCUT2D eigenvalue weighted by molar-refractivity contribution is 0.0955. The van der Waals surface area contributed by atoms with E-state index >= 15 is 0 Å². The molecular formula is C20H16N4O2. The maximum Gasteiger partial charge on any atom is 0.271 e. The van der Waals surface area contributed by atoms with E-state index in [0.29, 0.717) is 11.3 Å². The highest BCUT2D eigenvalue weighted by Gasteiger charge is 2.09. The van der Waals surface area contributed by atoms with Crippen molar-refractivity contribution < 1.29 is 9.21 Å². The molecule has 4 aromatic rings. The third-order valence-electron chi connectivity index (χ3n) is 3.91. The second kappa shape index (κ2) is 6.68. The maximum absolute atomic E-state index is 12.3. The van der Waals surface area contributed by atoms with Gasteiger partial charge >= 0.3 is 0 Å². The molecule has 0 fully saturated rings. The van der Waals surface area contributed by atoms with E-state index in [-0.39, 0.29) is 5.91 Å². The topological polar surface area (TPSA) is 83.3 Å². The third-order valence-corrected chi connectivity index (χ3v) is 3.91. The quantitative estimate of drug-likeness (QED) is 0.435. The number of H-pyrrole nitrogens is 1. The van der Waals surface area contributed by atoms with Crippen molar-refractivity contribution >= 4 is 23.2 Å². The van der Waals surface area contributed by atoms with Gasteiger partial charge in [-0.1, -0.05) is 30.3 Å². The van der Waals surface area contributed by atoms with Gasteiger partial charge < -0.3 is 9.40 Å². The first-order valence-corrected chi connectivity index (χ1v) is 8.14. The Labute approximate surface area is 149 Å². The Balaban J connectivity index is 1.53. The van der Waals surface area contributed by atoms with Crippen LogP contribution in [0.15, 0.2) is 70.2 Å². The summed E-state index contributed by atoms with van der Waals surface area (Å²) in [5, 5.41) is 3.92. The van der Waals surface area contributed by atoms with Crippen molar-refractivity contribution in [3.63, 3.8) is 0 Å². The van der Waals surface area contributed by atoms with E-state index in [0.717, 1.165) is 28.2 Å². The molecule has 0 spiro atoms. The number of imidazole rings is 1. The summed E-state index contributed by atoms with van der Waals surface area (Å²) in [4.78, 5) is 20.1. The number of nitrogens with zero attached hydrogens (tertiary/aromatic N) is 2. The fourth-order valence-corrected chi connectivity index (χ4v) is 2.63. The van der Waals surface area contributed by atoms with Gasteiger partial charge in [0, 0.05) is 11.1 Å². The van der Waals surface area contributed by atoms with Crippen molar-refractivity contribution in [3.05, 3.63) is 77.7 Å². The highest BCUT2D eigenvalue weighted by atomic mass is 16.3. The largest absolute Gasteiger partial charge is 0.460 e. The van der Waals surface area contributed by atoms with Gasteiger partial charge in [-0.15, -0.1) is 0 Å². The van der Waals surface area contributed by atoms with E-state index in [1.807, 2.05) is 49.4 Å². The molecule has 0 atom stereocenters. The van der Waals surface area contributed by atoms with Crippen molar-refractivity contribution in [1.82, 2.24) is 15.4 Å². The summed E-state index contributed by atoms with van der Waals surface area (Å²) in [5.41, 5.74) is 5.58. The molecule has 6 nitrogen and oxygen atoms in total. The lowest BCUT2D eigenvalue weighted by Crippen LogP contribution is -2.17. The molecule has 0 saturated heterocycles. The van der Waals surface area contributed by atoms with E-state index in [1.165, 1.54) is 6.21 Å². The number of hydrazone groups is 1. The average Bonchev–Trinajstić information content (AvgIpc) is 3.27. The van der Waals surface area contributed by atoms with Crippen LogP contribution in [0.4, 0.5) is 0 Å². The number of carbonyl (C=O) groups excluding carboxylic acids is 1. The van der Waals surface area contributed by atoms with E-state index in [4.69, 9.17) is 4.42 Å². The molecular weight excluding hydrogens is 328 g/mol. The number of nitrogens with one attached hydrogen (secondary N) is 2. The van der Waals surface area contributed by atoms with Crippen LogP contribution in [0.25, 0.3) is 22.4 Å². The zero-order chi connectivity index (χ0) is 17.9. The predicted molar refractivity (Wildman–Crippen MR) is 100 cm³/mol. The number of benzene rings is 2. The molecule has 2 aromatic carbocycles. The Bertz CT molecular complexity index is 1090. The number of aryl methyl sites for hydroxylation is 1. The van der Waals surface area contributed by atoms with E-state index in [1.54, 1.807) is 18.2 Å². The van der Waals surface area contributed by atoms with Gasteiger partial charge in [-0.2, -0.15) is 5.10 Å². The molecule has 4 rings (SSSR count). The van der Waals surface area contributed by atoms with Crippen molar-refractivity contribution in [1.29, 1.82) is 0 Å². The van der Waals surface area contributed by atoms with E-state index < -0.39 is 0 Å². The Hall–Kier alpha value is -3.67. The van der Waals surface area contributed by atoms with Gasteiger partial charge in [-0.3, -0.25) is 4.79 Å². The third kappa shape index (κ3) is 3.25. The minimum atomic E-state index is -0.303. The number of hydrogen-bond donors (Lipinski definition) is 2. The number of fused-ring (bicyclic) bond motifs is 1. The first-order valence-electron chi connectivity index (χ1n) is 8.14. The SMILES string of the molecule is Cc1ccc(/C=N/NC(=O)c2ccc3nc(-c4ccccc4)[nH]c3c2)o1. The van der Waals surface area contributed by atoms with Gasteiger partial charge in [0.15, 0.2) is 0 Å². The van der Waals surface area contributed by atoms with Crippen molar-refractivity contribution in [2.24, 2.45) is 5.10 Å². The molecule has 0 unspecified atom stereocenters. The standard InChI is InChI=1S/C20H16N4O2/c1-13-7-9-16(26-13)12-21-24-20(25)15-8-10-17-18(11-15)23-19(22-17)14-5-3-2-4-6-14/h2-12H,1H3,(H,22,23)(H,24,25)/b21-12+. The first kappa shape index (κ1) is 15.8. The van der Waals surface area contributed by atoms with Crippen LogP contribution in [0, 0.1) is 6.92 Å². The van der Waals surface area contributed by atoms with Gasteiger partial charge in [0.2, 0.25) is 0 Å². The van der Waals surface area contributed by atoms with Gasteiger partial charge in [0.1, 0.15) is 17.3 Å². The average molecular weight is 344 g/mol. The molecule has 0 saturated carbocycles. The number of carbonyl (C=O) groups is 1. The van der Waals surface area contributed by atoms with Crippen LogP contribution in [0.1, 0.15) is 21.9 Å². The summed E-state index contributed by atoms with van der Waals surface area (Å²) in [7, 11) is 0. The van der Waals surface area contributed by atoms with Crippen LogP contribution >= 0.6 is 0 Å². The summed E-state index contributed by atoms with van der Waals surface area (Å²) >= 11 is 0. The second-order valence-corrected chi connectivity index (χ2v) is 5.83. The first-order chi connectivity index (χ1) is 12.7. The monoisotopic (exact) mass is 344 g/mol. The molecule has 0 radical (unpaired) electrons. The van der Waals surface area contributed by atoms with Crippen LogP contribution in [-0.2, 0) is 0 Å². The molecule has 0 bridgehead atoms. The van der Waals surface area contributed by atoms with E-state index in [2.05, 4.69) is 20.5 Å². The van der Waals surface area contributed by atoms with Gasteiger partial charge in [0.05, 0.1) is 17.2 Å². The molecule has 128 valence electrons. The fourth-order valence-electron chi connectivity index (χ4n) is 2.63. The molecule has 26 heavy (non-hydrogen) atoms. The Morgan fingerprint density at radius 1 is 1.15 bits per heavy atom. The minimum absolute atomic E-state index is 0.303. The van der Waals surface area contributed by atoms with Gasteiger partial charge in [-0.25, -0.2) is 10.4 Å². The summed E-state index contributed by atoms with van der Waals surface area (Å²) in [6, 6.07) is 18.8. The summed E-state index contributed by atoms with van der Waals surface area (Å²) in [5.74, 6) is 1.84. The summed E-state index contributed by atoms with van der Waals surface area (Å²) < 4.78 is 5.36. The molecule has 2 aromatic heterocycles. The van der Waals surface area contributed by atoms with Gasteiger partial charge in [0.25, 0.3) is 5.91 Å². The molecule has 2 heterocycles. The summed E-state index contributed by atoms with van der Waals surface area (Å²) in [6.45, 7) is 1.85. The number of furan rings is 1. The summed E-state index contributed by atoms with van der Waals surface area (Å²) in [6.07, 6.45) is 1.47. The van der Waals surface area contributed by atoms with Crippen LogP contribution in [0.3, 0.4) is 0 Å². The van der Waals surface area contributed by atoms with Crippen LogP contribution in [0.2, 0.25) is 0 Å². The number of rotatable bonds is 4. The molecule has 0 aliphatic rings. The van der Waals surface area contributed by atoms with Gasteiger partial charge in [-0.05, 0) is 37.3 Å². The molecule has 0 aliphatic heterocycles. The molecule has 0 aliphatic carbocycles. The molecule has 1 amide bonds. The number of amides is 1. The zero-order valence-corrected chi connectivity index (χ0v) is 14.1. The van der Waals surface area contributed by atoms with E-state index in [9.17, 15) is 4.79 Å². The fraction of sp³-hybridized carbons (Fsp3) is 0.0500. The number of hydrogen-bond acceptors (Lipinski definition) is 4. The highest BCUT2D eigenvalue weighted by Crippen LogP contribution is 2.21. The highest BCUT2D eigenvalue weighted by molar-refractivity contribution is 5.98. The Morgan fingerprint density at radius 2 is 2.00 bits per heavy atom. The minimum Gasteiger partial charge on any atom is -0.460 e. The van der Waals surface area contributed by atoms with Crippen LogP contribution in [0.5, 0.6) is 0 Å². The van der Waals surface area contributed by atoms with Crippen molar-refractivity contribution in [3.8, 4) is 11.4 Å². The molecule has 2 N–H and O–H groups in total. The van der Waals surface area contributed by atoms with Crippen molar-refractivity contribution in [2.75, 3.05) is 0 Å². The molecule has 6 heteroatoms. The number of aromatic amines is 1. The van der Waals surface area contributed by atoms with Crippen LogP contribution in [-0.4, -0.2) is 22.1 Å². The zero-order valence-electron chi connectivity index (χ0n) is 14.1. The van der Waals surface area contributed by atoms with Crippen molar-refractivity contribution in [2.45, 2.75) is 6.92 Å². The Morgan fingerprint density at radius 3 is 2.77 bits per heavy atom. The predicted octanol–water partition coefficient (Wildman–Crippen LogP) is 3.90. The second-order valence-electron chi connectivity index (χ2n) is 5.83.